The number of fused-ring (bicyclic) bond motifs is 1. The monoisotopic (exact) mass is 334 g/mol. The quantitative estimate of drug-likeness (QED) is 0.711. The molecule has 4 rings (SSSR count). The number of likely N-dealkylation sites (tertiary alicyclic amines) is 1. The van der Waals surface area contributed by atoms with E-state index in [1.54, 1.807) is 6.07 Å². The molecule has 0 bridgehead atoms. The molecule has 0 spiro atoms. The number of hydrogen-bond acceptors (Lipinski definition) is 2. The molecule has 25 heavy (non-hydrogen) atoms. The van der Waals surface area contributed by atoms with Crippen LogP contribution in [0.5, 0.6) is 5.75 Å². The lowest BCUT2D eigenvalue weighted by Crippen LogP contribution is -2.35. The summed E-state index contributed by atoms with van der Waals surface area (Å²) in [6, 6.07) is 16.3. The summed E-state index contributed by atoms with van der Waals surface area (Å²) < 4.78 is 0. The highest BCUT2D eigenvalue weighted by atomic mass is 16.3. The van der Waals surface area contributed by atoms with Gasteiger partial charge in [-0.2, -0.15) is 0 Å². The predicted octanol–water partition coefficient (Wildman–Crippen LogP) is 4.69. The van der Waals surface area contributed by atoms with Crippen LogP contribution in [0.25, 0.3) is 10.9 Å². The molecule has 2 heterocycles. The van der Waals surface area contributed by atoms with Crippen molar-refractivity contribution < 1.29 is 5.11 Å². The van der Waals surface area contributed by atoms with E-state index in [0.29, 0.717) is 11.7 Å². The Bertz CT molecular complexity index is 839. The van der Waals surface area contributed by atoms with Gasteiger partial charge in [0, 0.05) is 23.6 Å². The zero-order valence-corrected chi connectivity index (χ0v) is 14.6. The number of aromatic amines is 1. The summed E-state index contributed by atoms with van der Waals surface area (Å²) in [6.07, 6.45) is 6.94. The molecule has 1 fully saturated rings. The number of hydrogen-bond donors (Lipinski definition) is 2. The number of H-pyrrole nitrogens is 1. The summed E-state index contributed by atoms with van der Waals surface area (Å²) in [4.78, 5) is 5.96. The van der Waals surface area contributed by atoms with Crippen molar-refractivity contribution in [3.63, 3.8) is 0 Å². The van der Waals surface area contributed by atoms with Crippen molar-refractivity contribution in [1.82, 2.24) is 9.88 Å². The zero-order chi connectivity index (χ0) is 17.1. The van der Waals surface area contributed by atoms with Crippen molar-refractivity contribution in [2.24, 2.45) is 0 Å². The highest BCUT2D eigenvalue weighted by molar-refractivity contribution is 5.82. The number of piperidine rings is 1. The Kier molecular flexibility index (Phi) is 4.75. The van der Waals surface area contributed by atoms with Crippen molar-refractivity contribution in [3.05, 3.63) is 65.9 Å². The molecule has 1 unspecified atom stereocenters. The van der Waals surface area contributed by atoms with Crippen LogP contribution < -0.4 is 0 Å². The summed E-state index contributed by atoms with van der Waals surface area (Å²) in [5.74, 6) is 0.933. The van der Waals surface area contributed by atoms with Crippen LogP contribution in [0.1, 0.15) is 36.3 Å². The van der Waals surface area contributed by atoms with Crippen LogP contribution in [0.2, 0.25) is 0 Å². The van der Waals surface area contributed by atoms with Crippen LogP contribution in [0, 0.1) is 0 Å². The Morgan fingerprint density at radius 1 is 1.12 bits per heavy atom. The predicted molar refractivity (Wildman–Crippen MR) is 103 cm³/mol. The van der Waals surface area contributed by atoms with Gasteiger partial charge in [-0.25, -0.2) is 0 Å². The summed E-state index contributed by atoms with van der Waals surface area (Å²) in [6.45, 7) is 3.45. The van der Waals surface area contributed by atoms with Crippen LogP contribution in [0.15, 0.2) is 54.7 Å². The van der Waals surface area contributed by atoms with Crippen LogP contribution in [-0.4, -0.2) is 34.6 Å². The maximum Gasteiger partial charge on any atom is 0.115 e. The zero-order valence-electron chi connectivity index (χ0n) is 14.6. The SMILES string of the molecule is Oc1cccc(C2CCCN(CCCc3c[nH]c4ccccc34)C2)c1. The molecule has 2 aromatic carbocycles. The average Bonchev–Trinajstić information content (AvgIpc) is 3.05. The van der Waals surface area contributed by atoms with Gasteiger partial charge in [-0.15, -0.1) is 0 Å². The second-order valence-corrected chi connectivity index (χ2v) is 7.20. The fourth-order valence-electron chi connectivity index (χ4n) is 4.14. The van der Waals surface area contributed by atoms with E-state index in [1.807, 2.05) is 12.1 Å². The van der Waals surface area contributed by atoms with E-state index in [-0.39, 0.29) is 0 Å². The van der Waals surface area contributed by atoms with E-state index in [0.717, 1.165) is 19.5 Å². The fourth-order valence-corrected chi connectivity index (χ4v) is 4.14. The normalized spacial score (nSPS) is 18.6. The first kappa shape index (κ1) is 16.2. The van der Waals surface area contributed by atoms with Gasteiger partial charge in [0.25, 0.3) is 0 Å². The van der Waals surface area contributed by atoms with Crippen molar-refractivity contribution in [1.29, 1.82) is 0 Å². The Balaban J connectivity index is 1.33. The molecule has 3 aromatic rings. The number of aromatic nitrogens is 1. The van der Waals surface area contributed by atoms with Gasteiger partial charge in [-0.05, 0) is 74.0 Å². The number of aromatic hydroxyl groups is 1. The number of para-hydroxylation sites is 1. The minimum Gasteiger partial charge on any atom is -0.508 e. The first-order valence-corrected chi connectivity index (χ1v) is 9.36. The van der Waals surface area contributed by atoms with E-state index in [2.05, 4.69) is 46.4 Å². The highest BCUT2D eigenvalue weighted by Gasteiger charge is 2.21. The van der Waals surface area contributed by atoms with Gasteiger partial charge in [0.15, 0.2) is 0 Å². The molecular formula is C22H26N2O. The number of nitrogens with one attached hydrogen (secondary N) is 1. The minimum absolute atomic E-state index is 0.383. The molecule has 0 radical (unpaired) electrons. The lowest BCUT2D eigenvalue weighted by Gasteiger charge is -2.33. The lowest BCUT2D eigenvalue weighted by atomic mass is 9.90. The number of aryl methyl sites for hydroxylation is 1. The van der Waals surface area contributed by atoms with E-state index < -0.39 is 0 Å². The molecule has 1 aromatic heterocycles. The average molecular weight is 334 g/mol. The minimum atomic E-state index is 0.383. The molecule has 1 aliphatic heterocycles. The smallest absolute Gasteiger partial charge is 0.115 e. The van der Waals surface area contributed by atoms with Crippen molar-refractivity contribution >= 4 is 10.9 Å². The Morgan fingerprint density at radius 2 is 2.04 bits per heavy atom. The van der Waals surface area contributed by atoms with Crippen molar-refractivity contribution in [2.75, 3.05) is 19.6 Å². The van der Waals surface area contributed by atoms with Crippen LogP contribution in [0.4, 0.5) is 0 Å². The largest absolute Gasteiger partial charge is 0.508 e. The van der Waals surface area contributed by atoms with Crippen LogP contribution in [-0.2, 0) is 6.42 Å². The molecule has 1 aliphatic rings. The summed E-state index contributed by atoms with van der Waals surface area (Å²) in [5.41, 5.74) is 3.94. The van der Waals surface area contributed by atoms with Crippen LogP contribution >= 0.6 is 0 Å². The van der Waals surface area contributed by atoms with Crippen molar-refractivity contribution in [3.8, 4) is 5.75 Å². The van der Waals surface area contributed by atoms with E-state index >= 15 is 0 Å². The molecule has 0 saturated carbocycles. The van der Waals surface area contributed by atoms with E-state index in [1.165, 1.54) is 47.8 Å². The molecule has 130 valence electrons. The van der Waals surface area contributed by atoms with E-state index in [9.17, 15) is 5.11 Å². The molecule has 3 nitrogen and oxygen atoms in total. The van der Waals surface area contributed by atoms with E-state index in [4.69, 9.17) is 0 Å². The van der Waals surface area contributed by atoms with Gasteiger partial charge in [0.05, 0.1) is 0 Å². The first-order chi connectivity index (χ1) is 12.3. The van der Waals surface area contributed by atoms with Gasteiger partial charge in [0.2, 0.25) is 0 Å². The maximum absolute atomic E-state index is 9.73. The molecule has 2 N–H and O–H groups in total. The van der Waals surface area contributed by atoms with Crippen molar-refractivity contribution in [2.45, 2.75) is 31.6 Å². The third-order valence-electron chi connectivity index (χ3n) is 5.44. The Hall–Kier alpha value is -2.26. The standard InChI is InChI=1S/C22H26N2O/c25-20-9-3-6-17(14-20)19-8-5-13-24(16-19)12-4-7-18-15-23-22-11-2-1-10-21(18)22/h1-3,6,9-11,14-15,19,23,25H,4-5,7-8,12-13,16H2. The number of benzene rings is 2. The maximum atomic E-state index is 9.73. The lowest BCUT2D eigenvalue weighted by molar-refractivity contribution is 0.206. The van der Waals surface area contributed by atoms with Gasteiger partial charge in [0.1, 0.15) is 5.75 Å². The topological polar surface area (TPSA) is 39.3 Å². The first-order valence-electron chi connectivity index (χ1n) is 9.36. The molecule has 1 atom stereocenters. The summed E-state index contributed by atoms with van der Waals surface area (Å²) in [7, 11) is 0. The summed E-state index contributed by atoms with van der Waals surface area (Å²) in [5, 5.41) is 11.1. The second-order valence-electron chi connectivity index (χ2n) is 7.20. The fraction of sp³-hybridized carbons (Fsp3) is 0.364. The number of phenolic OH excluding ortho intramolecular Hbond substituents is 1. The number of nitrogens with zero attached hydrogens (tertiary/aromatic N) is 1. The third-order valence-corrected chi connectivity index (χ3v) is 5.44. The van der Waals surface area contributed by atoms with Gasteiger partial charge in [-0.3, -0.25) is 0 Å². The molecule has 3 heteroatoms. The highest BCUT2D eigenvalue weighted by Crippen LogP contribution is 2.29. The summed E-state index contributed by atoms with van der Waals surface area (Å²) >= 11 is 0. The van der Waals surface area contributed by atoms with Gasteiger partial charge in [-0.1, -0.05) is 30.3 Å². The Morgan fingerprint density at radius 3 is 2.96 bits per heavy atom. The second kappa shape index (κ2) is 7.32. The molecule has 0 aliphatic carbocycles. The molecule has 0 amide bonds. The molecule has 1 saturated heterocycles. The Labute approximate surface area is 149 Å². The number of rotatable bonds is 5. The third kappa shape index (κ3) is 3.72. The number of phenols is 1. The van der Waals surface area contributed by atoms with Gasteiger partial charge >= 0.3 is 0 Å². The van der Waals surface area contributed by atoms with Crippen LogP contribution in [0.3, 0.4) is 0 Å². The van der Waals surface area contributed by atoms with Gasteiger partial charge < -0.3 is 15.0 Å². The molecular weight excluding hydrogens is 308 g/mol.